The van der Waals surface area contributed by atoms with Crippen LogP contribution < -0.4 is 10.9 Å². The quantitative estimate of drug-likeness (QED) is 0.750. The van der Waals surface area contributed by atoms with Gasteiger partial charge in [0.25, 0.3) is 5.56 Å². The summed E-state index contributed by atoms with van der Waals surface area (Å²) in [7, 11) is 0. The highest BCUT2D eigenvalue weighted by atomic mass is 35.5. The van der Waals surface area contributed by atoms with E-state index in [9.17, 15) is 4.79 Å². The van der Waals surface area contributed by atoms with Gasteiger partial charge >= 0.3 is 0 Å². The van der Waals surface area contributed by atoms with Crippen LogP contribution in [0.5, 0.6) is 0 Å². The van der Waals surface area contributed by atoms with Crippen LogP contribution in [0.1, 0.15) is 20.3 Å². The van der Waals surface area contributed by atoms with Crippen LogP contribution >= 0.6 is 11.6 Å². The predicted molar refractivity (Wildman–Crippen MR) is 57.9 cm³/mol. The Kier molecular flexibility index (Phi) is 3.52. The molecule has 0 amide bonds. The van der Waals surface area contributed by atoms with Crippen molar-refractivity contribution in [3.8, 4) is 0 Å². The molecular formula is C9H14ClN3O. The average molecular weight is 216 g/mol. The molecule has 0 bridgehead atoms. The van der Waals surface area contributed by atoms with Crippen LogP contribution in [0.3, 0.4) is 0 Å². The first-order chi connectivity index (χ1) is 6.61. The number of halogens is 1. The van der Waals surface area contributed by atoms with Crippen LogP contribution in [0.25, 0.3) is 0 Å². The molecule has 0 radical (unpaired) electrons. The first-order valence-corrected chi connectivity index (χ1v) is 5.02. The van der Waals surface area contributed by atoms with Crippen molar-refractivity contribution in [3.63, 3.8) is 0 Å². The molecule has 4 nitrogen and oxygen atoms in total. The Hall–Kier alpha value is -1.03. The van der Waals surface area contributed by atoms with Gasteiger partial charge < -0.3 is 10.3 Å². The summed E-state index contributed by atoms with van der Waals surface area (Å²) in [5, 5.41) is 3.04. The van der Waals surface area contributed by atoms with E-state index in [1.807, 2.05) is 13.8 Å². The van der Waals surface area contributed by atoms with Gasteiger partial charge in [-0.15, -0.1) is 11.6 Å². The number of alkyl halides is 1. The van der Waals surface area contributed by atoms with Crippen molar-refractivity contribution in [2.24, 2.45) is 0 Å². The van der Waals surface area contributed by atoms with E-state index in [-0.39, 0.29) is 11.1 Å². The van der Waals surface area contributed by atoms with E-state index in [4.69, 9.17) is 11.6 Å². The van der Waals surface area contributed by atoms with Gasteiger partial charge in [-0.1, -0.05) is 6.92 Å². The molecule has 5 heteroatoms. The van der Waals surface area contributed by atoms with Gasteiger partial charge in [0.2, 0.25) is 0 Å². The van der Waals surface area contributed by atoms with Crippen molar-refractivity contribution >= 4 is 17.4 Å². The van der Waals surface area contributed by atoms with Gasteiger partial charge in [0, 0.05) is 23.8 Å². The van der Waals surface area contributed by atoms with Gasteiger partial charge in [-0.25, -0.2) is 4.98 Å². The van der Waals surface area contributed by atoms with Gasteiger partial charge in [-0.05, 0) is 13.3 Å². The second-order valence-electron chi connectivity index (χ2n) is 3.44. The maximum absolute atomic E-state index is 11.3. The third-order valence-electron chi connectivity index (χ3n) is 2.20. The lowest BCUT2D eigenvalue weighted by Gasteiger charge is -2.26. The second-order valence-corrected chi connectivity index (χ2v) is 3.71. The lowest BCUT2D eigenvalue weighted by Crippen LogP contribution is -2.38. The highest BCUT2D eigenvalue weighted by Crippen LogP contribution is 2.15. The fraction of sp³-hybridized carbons (Fsp3) is 0.556. The Balaban J connectivity index is 2.88. The SMILES string of the molecule is CCC(C)(CCl)Nc1ncc[nH]c1=O. The van der Waals surface area contributed by atoms with Gasteiger partial charge in [-0.2, -0.15) is 0 Å². The van der Waals surface area contributed by atoms with E-state index in [0.29, 0.717) is 11.7 Å². The van der Waals surface area contributed by atoms with E-state index in [2.05, 4.69) is 15.3 Å². The van der Waals surface area contributed by atoms with Crippen LogP contribution in [-0.4, -0.2) is 21.4 Å². The third kappa shape index (κ3) is 2.48. The maximum atomic E-state index is 11.3. The smallest absolute Gasteiger partial charge is 0.290 e. The van der Waals surface area contributed by atoms with Crippen LogP contribution in [-0.2, 0) is 0 Å². The molecule has 1 aromatic rings. The molecule has 0 saturated heterocycles. The zero-order valence-corrected chi connectivity index (χ0v) is 9.06. The molecular weight excluding hydrogens is 202 g/mol. The van der Waals surface area contributed by atoms with Gasteiger partial charge in [0.05, 0.1) is 0 Å². The Labute approximate surface area is 87.7 Å². The van der Waals surface area contributed by atoms with E-state index >= 15 is 0 Å². The van der Waals surface area contributed by atoms with Crippen molar-refractivity contribution in [1.82, 2.24) is 9.97 Å². The van der Waals surface area contributed by atoms with E-state index in [0.717, 1.165) is 6.42 Å². The van der Waals surface area contributed by atoms with E-state index in [1.54, 1.807) is 0 Å². The highest BCUT2D eigenvalue weighted by molar-refractivity contribution is 6.18. The Morgan fingerprint density at radius 3 is 2.93 bits per heavy atom. The molecule has 1 rings (SSSR count). The lowest BCUT2D eigenvalue weighted by molar-refractivity contribution is 0.550. The van der Waals surface area contributed by atoms with Crippen molar-refractivity contribution < 1.29 is 0 Å². The Morgan fingerprint density at radius 1 is 1.71 bits per heavy atom. The minimum Gasteiger partial charge on any atom is -0.359 e. The van der Waals surface area contributed by atoms with Crippen molar-refractivity contribution in [1.29, 1.82) is 0 Å². The second kappa shape index (κ2) is 4.46. The molecule has 0 aliphatic carbocycles. The molecule has 1 aromatic heterocycles. The Bertz CT molecular complexity index is 346. The predicted octanol–water partition coefficient (Wildman–Crippen LogP) is 1.59. The fourth-order valence-electron chi connectivity index (χ4n) is 0.943. The Morgan fingerprint density at radius 2 is 2.43 bits per heavy atom. The van der Waals surface area contributed by atoms with Gasteiger partial charge in [-0.3, -0.25) is 4.79 Å². The normalized spacial score (nSPS) is 14.8. The van der Waals surface area contributed by atoms with Crippen LogP contribution in [0.2, 0.25) is 0 Å². The molecule has 0 spiro atoms. The molecule has 2 N–H and O–H groups in total. The number of aromatic amines is 1. The number of anilines is 1. The molecule has 78 valence electrons. The van der Waals surface area contributed by atoms with E-state index in [1.165, 1.54) is 12.4 Å². The van der Waals surface area contributed by atoms with E-state index < -0.39 is 0 Å². The lowest BCUT2D eigenvalue weighted by atomic mass is 10.0. The number of aromatic nitrogens is 2. The summed E-state index contributed by atoms with van der Waals surface area (Å²) >= 11 is 5.81. The van der Waals surface area contributed by atoms with Crippen LogP contribution in [0, 0.1) is 0 Å². The first-order valence-electron chi connectivity index (χ1n) is 4.49. The summed E-state index contributed by atoms with van der Waals surface area (Å²) in [6, 6.07) is 0. The van der Waals surface area contributed by atoms with Crippen molar-refractivity contribution in [2.75, 3.05) is 11.2 Å². The molecule has 1 heterocycles. The van der Waals surface area contributed by atoms with Gasteiger partial charge in [0.1, 0.15) is 0 Å². The molecule has 14 heavy (non-hydrogen) atoms. The highest BCUT2D eigenvalue weighted by Gasteiger charge is 2.21. The summed E-state index contributed by atoms with van der Waals surface area (Å²) in [6.45, 7) is 3.96. The average Bonchev–Trinajstić information content (AvgIpc) is 2.21. The number of H-pyrrole nitrogens is 1. The molecule has 0 aliphatic heterocycles. The summed E-state index contributed by atoms with van der Waals surface area (Å²) in [4.78, 5) is 17.8. The first kappa shape index (κ1) is 11.0. The fourth-order valence-corrected chi connectivity index (χ4v) is 1.20. The van der Waals surface area contributed by atoms with Gasteiger partial charge in [0.15, 0.2) is 5.82 Å². The van der Waals surface area contributed by atoms with Crippen molar-refractivity contribution in [3.05, 3.63) is 22.7 Å². The topological polar surface area (TPSA) is 57.8 Å². The molecule has 0 aliphatic rings. The summed E-state index contributed by atoms with van der Waals surface area (Å²) in [5.74, 6) is 0.747. The molecule has 1 unspecified atom stereocenters. The largest absolute Gasteiger partial charge is 0.359 e. The maximum Gasteiger partial charge on any atom is 0.290 e. The van der Waals surface area contributed by atoms with Crippen molar-refractivity contribution in [2.45, 2.75) is 25.8 Å². The van der Waals surface area contributed by atoms with Crippen LogP contribution in [0.15, 0.2) is 17.2 Å². The molecule has 1 atom stereocenters. The molecule has 0 aromatic carbocycles. The van der Waals surface area contributed by atoms with Crippen LogP contribution in [0.4, 0.5) is 5.82 Å². The summed E-state index contributed by atoms with van der Waals surface area (Å²) in [5.41, 5.74) is -0.514. The number of nitrogens with zero attached hydrogens (tertiary/aromatic N) is 1. The number of hydrogen-bond donors (Lipinski definition) is 2. The zero-order chi connectivity index (χ0) is 10.6. The molecule has 0 fully saturated rings. The number of rotatable bonds is 4. The molecule has 0 saturated carbocycles. The minimum absolute atomic E-state index is 0.225. The third-order valence-corrected chi connectivity index (χ3v) is 2.79. The minimum atomic E-state index is -0.289. The zero-order valence-electron chi connectivity index (χ0n) is 8.30. The monoisotopic (exact) mass is 215 g/mol. The number of hydrogen-bond acceptors (Lipinski definition) is 3. The standard InChI is InChI=1S/C9H14ClN3O/c1-3-9(2,6-10)13-7-8(14)12-5-4-11-7/h4-5H,3,6H2,1-2H3,(H,11,13)(H,12,14). The number of nitrogens with one attached hydrogen (secondary N) is 2. The summed E-state index contributed by atoms with van der Waals surface area (Å²) < 4.78 is 0. The summed E-state index contributed by atoms with van der Waals surface area (Å²) in [6.07, 6.45) is 3.86.